The van der Waals surface area contributed by atoms with E-state index in [0.29, 0.717) is 5.92 Å². The van der Waals surface area contributed by atoms with Gasteiger partial charge >= 0.3 is 0 Å². The summed E-state index contributed by atoms with van der Waals surface area (Å²) in [6.45, 7) is 5.05. The van der Waals surface area contributed by atoms with E-state index >= 15 is 0 Å². The zero-order chi connectivity index (χ0) is 13.2. The highest BCUT2D eigenvalue weighted by molar-refractivity contribution is 5.78. The Labute approximate surface area is 113 Å². The standard InChI is InChI=1S/C16H20N2O/c1-12-10-18(8-6-16(12)19)11-13-4-5-15-14(9-13)3-2-7-17-15/h2-5,7,9,12,16,19H,6,8,10-11H2,1H3. The summed E-state index contributed by atoms with van der Waals surface area (Å²) in [6, 6.07) is 10.6. The van der Waals surface area contributed by atoms with Crippen LogP contribution < -0.4 is 0 Å². The summed E-state index contributed by atoms with van der Waals surface area (Å²) in [6.07, 6.45) is 2.59. The third kappa shape index (κ3) is 2.77. The lowest BCUT2D eigenvalue weighted by atomic mass is 9.96. The van der Waals surface area contributed by atoms with Gasteiger partial charge in [-0.25, -0.2) is 0 Å². The minimum Gasteiger partial charge on any atom is -0.393 e. The Hall–Kier alpha value is -1.45. The number of fused-ring (bicyclic) bond motifs is 1. The van der Waals surface area contributed by atoms with Gasteiger partial charge in [0.15, 0.2) is 0 Å². The normalized spacial score (nSPS) is 24.7. The van der Waals surface area contributed by atoms with Crippen LogP contribution in [-0.4, -0.2) is 34.2 Å². The lowest BCUT2D eigenvalue weighted by Gasteiger charge is -2.34. The molecule has 2 heterocycles. The molecule has 3 rings (SSSR count). The van der Waals surface area contributed by atoms with E-state index in [4.69, 9.17) is 0 Å². The number of piperidine rings is 1. The number of nitrogens with zero attached hydrogens (tertiary/aromatic N) is 2. The van der Waals surface area contributed by atoms with Crippen LogP contribution in [0.2, 0.25) is 0 Å². The van der Waals surface area contributed by atoms with Crippen LogP contribution in [0.15, 0.2) is 36.5 Å². The third-order valence-electron chi connectivity index (χ3n) is 4.02. The van der Waals surface area contributed by atoms with Crippen molar-refractivity contribution in [3.8, 4) is 0 Å². The van der Waals surface area contributed by atoms with Crippen molar-refractivity contribution in [1.29, 1.82) is 0 Å². The first-order chi connectivity index (χ1) is 9.22. The van der Waals surface area contributed by atoms with Crippen molar-refractivity contribution in [1.82, 2.24) is 9.88 Å². The average Bonchev–Trinajstić information content (AvgIpc) is 2.43. The monoisotopic (exact) mass is 256 g/mol. The first-order valence-corrected chi connectivity index (χ1v) is 6.96. The quantitative estimate of drug-likeness (QED) is 0.896. The molecule has 2 aromatic rings. The van der Waals surface area contributed by atoms with Crippen molar-refractivity contribution in [2.75, 3.05) is 13.1 Å². The number of aromatic nitrogens is 1. The second-order valence-corrected chi connectivity index (χ2v) is 5.60. The Morgan fingerprint density at radius 1 is 1.37 bits per heavy atom. The summed E-state index contributed by atoms with van der Waals surface area (Å²) in [7, 11) is 0. The fourth-order valence-corrected chi connectivity index (χ4v) is 2.84. The summed E-state index contributed by atoms with van der Waals surface area (Å²) >= 11 is 0. The molecule has 1 aromatic heterocycles. The lowest BCUT2D eigenvalue weighted by Crippen LogP contribution is -2.41. The largest absolute Gasteiger partial charge is 0.393 e. The molecule has 2 unspecified atom stereocenters. The highest BCUT2D eigenvalue weighted by Crippen LogP contribution is 2.20. The van der Waals surface area contributed by atoms with Crippen LogP contribution in [0.5, 0.6) is 0 Å². The predicted octanol–water partition coefficient (Wildman–Crippen LogP) is 2.44. The number of likely N-dealkylation sites (tertiary alicyclic amines) is 1. The van der Waals surface area contributed by atoms with E-state index in [0.717, 1.165) is 31.6 Å². The molecule has 19 heavy (non-hydrogen) atoms. The molecule has 1 aliphatic rings. The van der Waals surface area contributed by atoms with Gasteiger partial charge in [-0.15, -0.1) is 0 Å². The lowest BCUT2D eigenvalue weighted by molar-refractivity contribution is 0.0320. The van der Waals surface area contributed by atoms with Gasteiger partial charge < -0.3 is 5.11 Å². The molecular weight excluding hydrogens is 236 g/mol. The average molecular weight is 256 g/mol. The number of aliphatic hydroxyl groups is 1. The number of aliphatic hydroxyl groups excluding tert-OH is 1. The number of hydrogen-bond donors (Lipinski definition) is 1. The Kier molecular flexibility index (Phi) is 3.49. The molecule has 1 fully saturated rings. The van der Waals surface area contributed by atoms with Gasteiger partial charge in [0, 0.05) is 31.2 Å². The van der Waals surface area contributed by atoms with E-state index < -0.39 is 0 Å². The number of rotatable bonds is 2. The van der Waals surface area contributed by atoms with E-state index in [9.17, 15) is 5.11 Å². The molecule has 0 saturated carbocycles. The van der Waals surface area contributed by atoms with Gasteiger partial charge in [0.05, 0.1) is 11.6 Å². The highest BCUT2D eigenvalue weighted by atomic mass is 16.3. The number of pyridine rings is 1. The first kappa shape index (κ1) is 12.6. The molecule has 0 radical (unpaired) electrons. The fraction of sp³-hybridized carbons (Fsp3) is 0.438. The molecule has 3 nitrogen and oxygen atoms in total. The minimum absolute atomic E-state index is 0.128. The maximum Gasteiger partial charge on any atom is 0.0702 e. The van der Waals surface area contributed by atoms with Gasteiger partial charge in [0.25, 0.3) is 0 Å². The molecule has 1 saturated heterocycles. The van der Waals surface area contributed by atoms with E-state index in [-0.39, 0.29) is 6.10 Å². The molecule has 0 bridgehead atoms. The minimum atomic E-state index is -0.128. The van der Waals surface area contributed by atoms with Crippen LogP contribution in [0.1, 0.15) is 18.9 Å². The molecule has 3 heteroatoms. The summed E-state index contributed by atoms with van der Waals surface area (Å²) < 4.78 is 0. The topological polar surface area (TPSA) is 36.4 Å². The van der Waals surface area contributed by atoms with Crippen LogP contribution in [0.25, 0.3) is 10.9 Å². The summed E-state index contributed by atoms with van der Waals surface area (Å²) in [5, 5.41) is 11.0. The molecule has 0 spiro atoms. The molecule has 0 amide bonds. The van der Waals surface area contributed by atoms with Crippen molar-refractivity contribution in [2.45, 2.75) is 26.0 Å². The Morgan fingerprint density at radius 3 is 3.11 bits per heavy atom. The van der Waals surface area contributed by atoms with Gasteiger partial charge in [-0.1, -0.05) is 19.1 Å². The maximum absolute atomic E-state index is 9.77. The molecule has 100 valence electrons. The molecule has 2 atom stereocenters. The maximum atomic E-state index is 9.77. The second-order valence-electron chi connectivity index (χ2n) is 5.60. The summed E-state index contributed by atoms with van der Waals surface area (Å²) in [5.41, 5.74) is 2.37. The van der Waals surface area contributed by atoms with Crippen molar-refractivity contribution in [3.63, 3.8) is 0 Å². The van der Waals surface area contributed by atoms with Gasteiger partial charge in [-0.2, -0.15) is 0 Å². The van der Waals surface area contributed by atoms with E-state index in [1.165, 1.54) is 10.9 Å². The van der Waals surface area contributed by atoms with Crippen LogP contribution in [0.4, 0.5) is 0 Å². The summed E-state index contributed by atoms with van der Waals surface area (Å²) in [4.78, 5) is 6.77. The molecule has 1 aromatic carbocycles. The van der Waals surface area contributed by atoms with Gasteiger partial charge in [-0.3, -0.25) is 9.88 Å². The van der Waals surface area contributed by atoms with Gasteiger partial charge in [0.2, 0.25) is 0 Å². The van der Waals surface area contributed by atoms with Gasteiger partial charge in [-0.05, 0) is 36.1 Å². The smallest absolute Gasteiger partial charge is 0.0702 e. The summed E-state index contributed by atoms with van der Waals surface area (Å²) in [5.74, 6) is 0.371. The number of benzene rings is 1. The van der Waals surface area contributed by atoms with E-state index in [1.807, 2.05) is 12.3 Å². The zero-order valence-corrected chi connectivity index (χ0v) is 11.3. The first-order valence-electron chi connectivity index (χ1n) is 6.96. The van der Waals surface area contributed by atoms with E-state index in [1.54, 1.807) is 0 Å². The van der Waals surface area contributed by atoms with E-state index in [2.05, 4.69) is 41.1 Å². The second kappa shape index (κ2) is 5.27. The SMILES string of the molecule is CC1CN(Cc2ccc3ncccc3c2)CCC1O. The Bertz CT molecular complexity index is 569. The molecule has 1 aliphatic heterocycles. The van der Waals surface area contributed by atoms with Crippen molar-refractivity contribution < 1.29 is 5.11 Å². The van der Waals surface area contributed by atoms with Crippen LogP contribution in [0.3, 0.4) is 0 Å². The predicted molar refractivity (Wildman–Crippen MR) is 76.8 cm³/mol. The van der Waals surface area contributed by atoms with Crippen molar-refractivity contribution in [3.05, 3.63) is 42.1 Å². The zero-order valence-electron chi connectivity index (χ0n) is 11.3. The van der Waals surface area contributed by atoms with Crippen LogP contribution in [-0.2, 0) is 6.54 Å². The van der Waals surface area contributed by atoms with Crippen LogP contribution in [0, 0.1) is 5.92 Å². The van der Waals surface area contributed by atoms with Crippen molar-refractivity contribution in [2.24, 2.45) is 5.92 Å². The third-order valence-corrected chi connectivity index (χ3v) is 4.02. The molecular formula is C16H20N2O. The highest BCUT2D eigenvalue weighted by Gasteiger charge is 2.23. The van der Waals surface area contributed by atoms with Crippen molar-refractivity contribution >= 4 is 10.9 Å². The molecule has 1 N–H and O–H groups in total. The number of hydrogen-bond acceptors (Lipinski definition) is 3. The molecule has 0 aliphatic carbocycles. The van der Waals surface area contributed by atoms with Crippen LogP contribution >= 0.6 is 0 Å². The Morgan fingerprint density at radius 2 is 2.26 bits per heavy atom. The Balaban J connectivity index is 1.74. The van der Waals surface area contributed by atoms with Gasteiger partial charge in [0.1, 0.15) is 0 Å². The fourth-order valence-electron chi connectivity index (χ4n) is 2.84.